The molecule has 0 radical (unpaired) electrons. The normalized spacial score (nSPS) is 16.7. The molecule has 2 aromatic rings. The van der Waals surface area contributed by atoms with Gasteiger partial charge in [-0.3, -0.25) is 0 Å². The van der Waals surface area contributed by atoms with Gasteiger partial charge in [0.25, 0.3) is 0 Å². The molecule has 3 rings (SSSR count). The second kappa shape index (κ2) is 4.57. The Morgan fingerprint density at radius 1 is 1.11 bits per heavy atom. The predicted molar refractivity (Wildman–Crippen MR) is 67.5 cm³/mol. The smallest absolute Gasteiger partial charge is 0.223 e. The van der Waals surface area contributed by atoms with Gasteiger partial charge in [0, 0.05) is 18.0 Å². The fraction of sp³-hybridized carbons (Fsp3) is 0.286. The lowest BCUT2D eigenvalue weighted by Crippen LogP contribution is -2.43. The molecule has 0 saturated heterocycles. The van der Waals surface area contributed by atoms with Crippen LogP contribution in [-0.2, 0) is 5.54 Å². The highest BCUT2D eigenvalue weighted by atomic mass is 19.1. The Bertz CT molecular complexity index is 582. The van der Waals surface area contributed by atoms with E-state index >= 15 is 0 Å². The minimum Gasteiger partial charge on any atom is -0.345 e. The van der Waals surface area contributed by atoms with E-state index in [-0.39, 0.29) is 0 Å². The molecule has 1 aromatic carbocycles. The maximum Gasteiger partial charge on any atom is 0.223 e. The van der Waals surface area contributed by atoms with Gasteiger partial charge in [-0.1, -0.05) is 0 Å². The van der Waals surface area contributed by atoms with Crippen molar-refractivity contribution in [1.29, 1.82) is 0 Å². The molecule has 5 heteroatoms. The van der Waals surface area contributed by atoms with Gasteiger partial charge in [0.1, 0.15) is 11.6 Å². The minimum atomic E-state index is -0.590. The number of aromatic nitrogens is 2. The summed E-state index contributed by atoms with van der Waals surface area (Å²) in [6, 6.07) is 5.26. The van der Waals surface area contributed by atoms with Crippen LogP contribution < -0.4 is 5.32 Å². The summed E-state index contributed by atoms with van der Waals surface area (Å²) in [4.78, 5) is 8.17. The summed E-state index contributed by atoms with van der Waals surface area (Å²) in [5.74, 6) is -0.395. The van der Waals surface area contributed by atoms with Crippen LogP contribution in [0.2, 0.25) is 0 Å². The van der Waals surface area contributed by atoms with Crippen LogP contribution in [0.4, 0.5) is 14.7 Å². The Morgan fingerprint density at radius 2 is 1.84 bits per heavy atom. The third kappa shape index (κ3) is 2.16. The van der Waals surface area contributed by atoms with E-state index in [0.717, 1.165) is 31.4 Å². The highest BCUT2D eigenvalue weighted by molar-refractivity contribution is 5.40. The molecule has 1 fully saturated rings. The molecule has 1 saturated carbocycles. The zero-order valence-electron chi connectivity index (χ0n) is 10.2. The molecule has 1 aliphatic carbocycles. The molecule has 98 valence electrons. The predicted octanol–water partition coefficient (Wildman–Crippen LogP) is 3.25. The Labute approximate surface area is 109 Å². The van der Waals surface area contributed by atoms with Crippen LogP contribution in [0.5, 0.6) is 0 Å². The van der Waals surface area contributed by atoms with Crippen LogP contribution in [0, 0.1) is 11.6 Å². The van der Waals surface area contributed by atoms with Crippen molar-refractivity contribution in [2.24, 2.45) is 0 Å². The van der Waals surface area contributed by atoms with Gasteiger partial charge >= 0.3 is 0 Å². The third-order valence-corrected chi connectivity index (χ3v) is 3.57. The lowest BCUT2D eigenvalue weighted by atomic mass is 9.71. The second-order valence-electron chi connectivity index (χ2n) is 4.76. The molecule has 19 heavy (non-hydrogen) atoms. The number of nitrogens with zero attached hydrogens (tertiary/aromatic N) is 2. The van der Waals surface area contributed by atoms with Gasteiger partial charge in [-0.2, -0.15) is 0 Å². The first-order valence-electron chi connectivity index (χ1n) is 6.20. The molecule has 1 N–H and O–H groups in total. The summed E-state index contributed by atoms with van der Waals surface area (Å²) in [6.45, 7) is 0. The summed E-state index contributed by atoms with van der Waals surface area (Å²) >= 11 is 0. The number of hydrogen-bond acceptors (Lipinski definition) is 3. The van der Waals surface area contributed by atoms with E-state index in [1.165, 1.54) is 6.07 Å². The molecule has 0 atom stereocenters. The summed E-state index contributed by atoms with van der Waals surface area (Å²) in [5.41, 5.74) is -0.237. The van der Waals surface area contributed by atoms with Crippen molar-refractivity contribution in [2.45, 2.75) is 24.8 Å². The van der Waals surface area contributed by atoms with Gasteiger partial charge in [-0.15, -0.1) is 0 Å². The standard InChI is InChI=1S/C14H13F2N3/c15-10-3-4-12(16)11(9-10)14(5-1-6-14)19-13-17-7-2-8-18-13/h2-4,7-9H,1,5-6H2,(H,17,18,19). The first-order chi connectivity index (χ1) is 9.20. The van der Waals surface area contributed by atoms with E-state index in [1.54, 1.807) is 18.5 Å². The molecular formula is C14H13F2N3. The molecule has 0 amide bonds. The van der Waals surface area contributed by atoms with Crippen LogP contribution in [0.1, 0.15) is 24.8 Å². The Hall–Kier alpha value is -2.04. The number of benzene rings is 1. The van der Waals surface area contributed by atoms with Gasteiger partial charge in [0.2, 0.25) is 5.95 Å². The number of anilines is 1. The Kier molecular flexibility index (Phi) is 2.89. The monoisotopic (exact) mass is 261 g/mol. The molecule has 1 aliphatic rings. The fourth-order valence-corrected chi connectivity index (χ4v) is 2.43. The van der Waals surface area contributed by atoms with Gasteiger partial charge in [-0.25, -0.2) is 18.7 Å². The van der Waals surface area contributed by atoms with Crippen LogP contribution in [0.3, 0.4) is 0 Å². The molecule has 1 heterocycles. The van der Waals surface area contributed by atoms with E-state index < -0.39 is 17.2 Å². The third-order valence-electron chi connectivity index (χ3n) is 3.57. The zero-order valence-corrected chi connectivity index (χ0v) is 10.2. The van der Waals surface area contributed by atoms with E-state index in [1.807, 2.05) is 0 Å². The van der Waals surface area contributed by atoms with E-state index in [9.17, 15) is 8.78 Å². The van der Waals surface area contributed by atoms with Crippen LogP contribution in [0.15, 0.2) is 36.7 Å². The highest BCUT2D eigenvalue weighted by Gasteiger charge is 2.41. The van der Waals surface area contributed by atoms with E-state index in [4.69, 9.17) is 0 Å². The largest absolute Gasteiger partial charge is 0.345 e. The lowest BCUT2D eigenvalue weighted by molar-refractivity contribution is 0.272. The molecule has 0 bridgehead atoms. The quantitative estimate of drug-likeness (QED) is 0.921. The summed E-state index contributed by atoms with van der Waals surface area (Å²) < 4.78 is 27.3. The lowest BCUT2D eigenvalue weighted by Gasteiger charge is -2.43. The summed E-state index contributed by atoms with van der Waals surface area (Å²) in [7, 11) is 0. The number of halogens is 2. The first-order valence-corrected chi connectivity index (χ1v) is 6.20. The van der Waals surface area contributed by atoms with Crippen LogP contribution in [-0.4, -0.2) is 9.97 Å². The highest BCUT2D eigenvalue weighted by Crippen LogP contribution is 2.44. The van der Waals surface area contributed by atoms with Gasteiger partial charge in [0.15, 0.2) is 0 Å². The first kappa shape index (κ1) is 12.0. The zero-order chi connectivity index (χ0) is 13.3. The van der Waals surface area contributed by atoms with Crippen molar-refractivity contribution in [3.63, 3.8) is 0 Å². The summed E-state index contributed by atoms with van der Waals surface area (Å²) in [6.07, 6.45) is 5.68. The molecule has 3 nitrogen and oxygen atoms in total. The van der Waals surface area contributed by atoms with Gasteiger partial charge < -0.3 is 5.32 Å². The molecule has 0 unspecified atom stereocenters. The minimum absolute atomic E-state index is 0.353. The van der Waals surface area contributed by atoms with Gasteiger partial charge in [0.05, 0.1) is 5.54 Å². The summed E-state index contributed by atoms with van der Waals surface area (Å²) in [5, 5.41) is 3.15. The van der Waals surface area contributed by atoms with E-state index in [0.29, 0.717) is 11.5 Å². The van der Waals surface area contributed by atoms with Crippen molar-refractivity contribution in [3.8, 4) is 0 Å². The molecular weight excluding hydrogens is 248 g/mol. The number of rotatable bonds is 3. The van der Waals surface area contributed by atoms with Crippen LogP contribution >= 0.6 is 0 Å². The SMILES string of the molecule is Fc1ccc(F)c(C2(Nc3ncccn3)CCC2)c1. The topological polar surface area (TPSA) is 37.8 Å². The van der Waals surface area contributed by atoms with Crippen LogP contribution in [0.25, 0.3) is 0 Å². The molecule has 0 spiro atoms. The van der Waals surface area contributed by atoms with Crippen molar-refractivity contribution in [2.75, 3.05) is 5.32 Å². The van der Waals surface area contributed by atoms with Crippen molar-refractivity contribution >= 4 is 5.95 Å². The fourth-order valence-electron chi connectivity index (χ4n) is 2.43. The average molecular weight is 261 g/mol. The van der Waals surface area contributed by atoms with Crippen molar-refractivity contribution < 1.29 is 8.78 Å². The van der Waals surface area contributed by atoms with Crippen molar-refractivity contribution in [3.05, 3.63) is 53.9 Å². The molecule has 0 aliphatic heterocycles. The van der Waals surface area contributed by atoms with E-state index in [2.05, 4.69) is 15.3 Å². The van der Waals surface area contributed by atoms with Gasteiger partial charge in [-0.05, 0) is 43.5 Å². The number of nitrogens with one attached hydrogen (secondary N) is 1. The second-order valence-corrected chi connectivity index (χ2v) is 4.76. The Balaban J connectivity index is 1.97. The Morgan fingerprint density at radius 3 is 2.47 bits per heavy atom. The maximum absolute atomic E-state index is 13.9. The molecule has 1 aromatic heterocycles. The van der Waals surface area contributed by atoms with Crippen molar-refractivity contribution in [1.82, 2.24) is 9.97 Å². The number of hydrogen-bond donors (Lipinski definition) is 1. The average Bonchev–Trinajstić information content (AvgIpc) is 2.38. The maximum atomic E-state index is 13.9.